The maximum Gasteiger partial charge on any atom is 0.416 e. The van der Waals surface area contributed by atoms with Gasteiger partial charge in [0.25, 0.3) is 5.91 Å². The third-order valence-corrected chi connectivity index (χ3v) is 3.38. The van der Waals surface area contributed by atoms with Gasteiger partial charge in [-0.15, -0.1) is 0 Å². The van der Waals surface area contributed by atoms with Crippen molar-refractivity contribution >= 4 is 23.7 Å². The minimum atomic E-state index is -4.68. The van der Waals surface area contributed by atoms with Gasteiger partial charge in [0, 0.05) is 5.02 Å². The Bertz CT molecular complexity index is 838. The van der Waals surface area contributed by atoms with E-state index in [1.54, 1.807) is 25.1 Å². The standard InChI is InChI=1S/C17H13ClF4N2O2/c1-10-4-13(18)2-3-15(10)26-9-16(25)24-23-8-11-5-12(17(20,21)22)7-14(19)6-11/h2-8H,9H2,1H3,(H,24,25). The highest BCUT2D eigenvalue weighted by Crippen LogP contribution is 2.30. The van der Waals surface area contributed by atoms with Crippen LogP contribution in [0.4, 0.5) is 17.6 Å². The number of alkyl halides is 3. The Morgan fingerprint density at radius 3 is 2.65 bits per heavy atom. The van der Waals surface area contributed by atoms with Crippen LogP contribution in [0.1, 0.15) is 16.7 Å². The van der Waals surface area contributed by atoms with E-state index in [9.17, 15) is 22.4 Å². The van der Waals surface area contributed by atoms with E-state index in [2.05, 4.69) is 10.5 Å². The molecule has 0 aliphatic carbocycles. The van der Waals surface area contributed by atoms with E-state index in [1.165, 1.54) is 0 Å². The third kappa shape index (κ3) is 5.73. The molecule has 1 N–H and O–H groups in total. The zero-order valence-electron chi connectivity index (χ0n) is 13.4. The molecule has 0 fully saturated rings. The van der Waals surface area contributed by atoms with Gasteiger partial charge in [0.05, 0.1) is 11.8 Å². The van der Waals surface area contributed by atoms with Crippen molar-refractivity contribution in [1.82, 2.24) is 5.43 Å². The van der Waals surface area contributed by atoms with Crippen LogP contribution in [0.5, 0.6) is 5.75 Å². The molecule has 0 unspecified atom stereocenters. The fourth-order valence-corrected chi connectivity index (χ4v) is 2.21. The van der Waals surface area contributed by atoms with Gasteiger partial charge in [0.1, 0.15) is 11.6 Å². The maximum absolute atomic E-state index is 13.2. The van der Waals surface area contributed by atoms with Crippen molar-refractivity contribution in [2.45, 2.75) is 13.1 Å². The van der Waals surface area contributed by atoms with Crippen LogP contribution >= 0.6 is 11.6 Å². The first kappa shape index (κ1) is 19.7. The number of aryl methyl sites for hydroxylation is 1. The minimum Gasteiger partial charge on any atom is -0.483 e. The normalized spacial score (nSPS) is 11.6. The van der Waals surface area contributed by atoms with Gasteiger partial charge in [-0.3, -0.25) is 4.79 Å². The lowest BCUT2D eigenvalue weighted by Crippen LogP contribution is -2.24. The predicted molar refractivity (Wildman–Crippen MR) is 88.8 cm³/mol. The Morgan fingerprint density at radius 1 is 1.27 bits per heavy atom. The van der Waals surface area contributed by atoms with Gasteiger partial charge in [-0.05, 0) is 54.4 Å². The molecule has 138 valence electrons. The molecular weight excluding hydrogens is 376 g/mol. The van der Waals surface area contributed by atoms with Crippen LogP contribution in [-0.2, 0) is 11.0 Å². The number of carbonyl (C=O) groups excluding carboxylic acids is 1. The fraction of sp³-hybridized carbons (Fsp3) is 0.176. The summed E-state index contributed by atoms with van der Waals surface area (Å²) in [6.07, 6.45) is -3.78. The Labute approximate surface area is 151 Å². The molecule has 4 nitrogen and oxygen atoms in total. The van der Waals surface area contributed by atoms with Crippen LogP contribution in [0.3, 0.4) is 0 Å². The van der Waals surface area contributed by atoms with Crippen molar-refractivity contribution in [2.24, 2.45) is 5.10 Å². The van der Waals surface area contributed by atoms with Gasteiger partial charge in [0.15, 0.2) is 6.61 Å². The van der Waals surface area contributed by atoms with Crippen LogP contribution in [0, 0.1) is 12.7 Å². The highest BCUT2D eigenvalue weighted by molar-refractivity contribution is 6.30. The number of ether oxygens (including phenoxy) is 1. The Hall–Kier alpha value is -2.61. The molecule has 0 saturated heterocycles. The molecular formula is C17H13ClF4N2O2. The monoisotopic (exact) mass is 388 g/mol. The molecule has 2 rings (SSSR count). The Balaban J connectivity index is 1.93. The lowest BCUT2D eigenvalue weighted by atomic mass is 10.1. The van der Waals surface area contributed by atoms with Crippen LogP contribution < -0.4 is 10.2 Å². The zero-order valence-corrected chi connectivity index (χ0v) is 14.2. The number of nitrogens with one attached hydrogen (secondary N) is 1. The second-order valence-corrected chi connectivity index (χ2v) is 5.70. The number of hydrogen-bond acceptors (Lipinski definition) is 3. The third-order valence-electron chi connectivity index (χ3n) is 3.15. The molecule has 0 aromatic heterocycles. The van der Waals surface area contributed by atoms with Crippen LogP contribution in [0.25, 0.3) is 0 Å². The molecule has 0 radical (unpaired) electrons. The van der Waals surface area contributed by atoms with Crippen molar-refractivity contribution < 1.29 is 27.1 Å². The van der Waals surface area contributed by atoms with Gasteiger partial charge in [-0.2, -0.15) is 18.3 Å². The Kier molecular flexibility index (Phi) is 6.20. The van der Waals surface area contributed by atoms with E-state index < -0.39 is 23.5 Å². The number of hydrazone groups is 1. The summed E-state index contributed by atoms with van der Waals surface area (Å²) in [7, 11) is 0. The molecule has 1 amide bonds. The van der Waals surface area contributed by atoms with Crippen molar-refractivity contribution in [3.8, 4) is 5.75 Å². The predicted octanol–water partition coefficient (Wildman–Crippen LogP) is 4.34. The van der Waals surface area contributed by atoms with Crippen LogP contribution in [0.15, 0.2) is 41.5 Å². The summed E-state index contributed by atoms with van der Waals surface area (Å²) in [6, 6.07) is 6.81. The molecule has 0 saturated carbocycles. The number of rotatable bonds is 5. The molecule has 2 aromatic rings. The van der Waals surface area contributed by atoms with Crippen molar-refractivity contribution in [1.29, 1.82) is 0 Å². The largest absolute Gasteiger partial charge is 0.483 e. The van der Waals surface area contributed by atoms with Crippen LogP contribution in [-0.4, -0.2) is 18.7 Å². The quantitative estimate of drug-likeness (QED) is 0.471. The molecule has 0 aliphatic rings. The van der Waals surface area contributed by atoms with Crippen molar-refractivity contribution in [3.05, 3.63) is 63.9 Å². The summed E-state index contributed by atoms with van der Waals surface area (Å²) < 4.78 is 56.4. The van der Waals surface area contributed by atoms with E-state index in [4.69, 9.17) is 16.3 Å². The first-order valence-electron chi connectivity index (χ1n) is 7.24. The maximum atomic E-state index is 13.2. The summed E-state index contributed by atoms with van der Waals surface area (Å²) >= 11 is 5.81. The van der Waals surface area contributed by atoms with Gasteiger partial charge in [-0.25, -0.2) is 9.82 Å². The first-order chi connectivity index (χ1) is 12.1. The summed E-state index contributed by atoms with van der Waals surface area (Å²) in [5.41, 5.74) is 1.52. The topological polar surface area (TPSA) is 50.7 Å². The number of halogens is 5. The number of carbonyl (C=O) groups is 1. The van der Waals surface area contributed by atoms with E-state index >= 15 is 0 Å². The Morgan fingerprint density at radius 2 is 2.00 bits per heavy atom. The van der Waals surface area contributed by atoms with Gasteiger partial charge < -0.3 is 4.74 Å². The molecule has 26 heavy (non-hydrogen) atoms. The molecule has 0 bridgehead atoms. The van der Waals surface area contributed by atoms with Gasteiger partial charge in [-0.1, -0.05) is 11.6 Å². The molecule has 9 heteroatoms. The molecule has 0 heterocycles. The second kappa shape index (κ2) is 8.18. The highest BCUT2D eigenvalue weighted by atomic mass is 35.5. The summed E-state index contributed by atoms with van der Waals surface area (Å²) in [5, 5.41) is 4.02. The van der Waals surface area contributed by atoms with E-state index in [0.717, 1.165) is 17.8 Å². The second-order valence-electron chi connectivity index (χ2n) is 5.26. The molecule has 0 aliphatic heterocycles. The number of amides is 1. The van der Waals surface area contributed by atoms with Crippen LogP contribution in [0.2, 0.25) is 5.02 Å². The smallest absolute Gasteiger partial charge is 0.416 e. The number of hydrogen-bond donors (Lipinski definition) is 1. The lowest BCUT2D eigenvalue weighted by molar-refractivity contribution is -0.137. The number of nitrogens with zero attached hydrogens (tertiary/aromatic N) is 1. The summed E-state index contributed by atoms with van der Waals surface area (Å²) in [6.45, 7) is 1.39. The average Bonchev–Trinajstić information content (AvgIpc) is 2.52. The number of benzene rings is 2. The zero-order chi connectivity index (χ0) is 19.3. The van der Waals surface area contributed by atoms with Gasteiger partial charge >= 0.3 is 6.18 Å². The first-order valence-corrected chi connectivity index (χ1v) is 7.61. The van der Waals surface area contributed by atoms with Gasteiger partial charge in [0.2, 0.25) is 0 Å². The summed E-state index contributed by atoms with van der Waals surface area (Å²) in [4.78, 5) is 11.6. The fourth-order valence-electron chi connectivity index (χ4n) is 1.98. The van der Waals surface area contributed by atoms with Crippen molar-refractivity contribution in [2.75, 3.05) is 6.61 Å². The van der Waals surface area contributed by atoms with E-state index in [1.807, 2.05) is 0 Å². The molecule has 0 spiro atoms. The highest BCUT2D eigenvalue weighted by Gasteiger charge is 2.31. The minimum absolute atomic E-state index is 0.146. The summed E-state index contributed by atoms with van der Waals surface area (Å²) in [5.74, 6) is -1.24. The SMILES string of the molecule is Cc1cc(Cl)ccc1OCC(=O)NN=Cc1cc(F)cc(C(F)(F)F)c1. The van der Waals surface area contributed by atoms with Crippen molar-refractivity contribution in [3.63, 3.8) is 0 Å². The lowest BCUT2D eigenvalue weighted by Gasteiger charge is -2.08. The van der Waals surface area contributed by atoms with E-state index in [-0.39, 0.29) is 12.2 Å². The molecule has 0 atom stereocenters. The molecule has 2 aromatic carbocycles. The average molecular weight is 389 g/mol. The van der Waals surface area contributed by atoms with E-state index in [0.29, 0.717) is 22.9 Å².